The Morgan fingerprint density at radius 2 is 2.50 bits per heavy atom. The van der Waals surface area contributed by atoms with Crippen molar-refractivity contribution >= 4 is 0 Å². The predicted molar refractivity (Wildman–Crippen MR) is 48.7 cm³/mol. The van der Waals surface area contributed by atoms with Gasteiger partial charge < -0.3 is 14.6 Å². The Morgan fingerprint density at radius 1 is 1.64 bits per heavy atom. The molecule has 1 aliphatic rings. The van der Waals surface area contributed by atoms with Crippen LogP contribution in [0.5, 0.6) is 0 Å². The van der Waals surface area contributed by atoms with Crippen LogP contribution in [-0.4, -0.2) is 40.8 Å². The molecule has 0 radical (unpaired) electrons. The Morgan fingerprint density at radius 3 is 3.07 bits per heavy atom. The first-order chi connectivity index (χ1) is 6.77. The highest BCUT2D eigenvalue weighted by atomic mass is 16.6. The summed E-state index contributed by atoms with van der Waals surface area (Å²) in [6.45, 7) is 1.59. The molecule has 0 aromatic carbocycles. The summed E-state index contributed by atoms with van der Waals surface area (Å²) >= 11 is 0. The standard InChI is InChI=1S/C9H14N2O3/c1-11-5-7(4-10-11)9(12)8-6-13-2-3-14-8/h4-5,8-9,12H,2-3,6H2,1H3. The summed E-state index contributed by atoms with van der Waals surface area (Å²) < 4.78 is 12.3. The fourth-order valence-electron chi connectivity index (χ4n) is 1.50. The third-order valence-electron chi connectivity index (χ3n) is 2.26. The van der Waals surface area contributed by atoms with Gasteiger partial charge in [-0.1, -0.05) is 0 Å². The van der Waals surface area contributed by atoms with Crippen molar-refractivity contribution in [1.82, 2.24) is 9.78 Å². The van der Waals surface area contributed by atoms with Gasteiger partial charge in [0.1, 0.15) is 12.2 Å². The molecule has 78 valence electrons. The molecule has 2 heterocycles. The molecule has 1 saturated heterocycles. The van der Waals surface area contributed by atoms with E-state index in [4.69, 9.17) is 9.47 Å². The van der Waals surface area contributed by atoms with Crippen LogP contribution in [0.4, 0.5) is 0 Å². The molecular weight excluding hydrogens is 184 g/mol. The number of aliphatic hydroxyl groups is 1. The van der Waals surface area contributed by atoms with Crippen LogP contribution in [0.3, 0.4) is 0 Å². The Balaban J connectivity index is 2.03. The summed E-state index contributed by atoms with van der Waals surface area (Å²) in [6, 6.07) is 0. The van der Waals surface area contributed by atoms with Crippen molar-refractivity contribution in [1.29, 1.82) is 0 Å². The van der Waals surface area contributed by atoms with Crippen LogP contribution in [0.25, 0.3) is 0 Å². The fourth-order valence-corrected chi connectivity index (χ4v) is 1.50. The summed E-state index contributed by atoms with van der Waals surface area (Å²) in [5.74, 6) is 0. The minimum atomic E-state index is -0.649. The molecule has 1 aromatic heterocycles. The van der Waals surface area contributed by atoms with E-state index in [0.29, 0.717) is 19.8 Å². The third-order valence-corrected chi connectivity index (χ3v) is 2.26. The summed E-state index contributed by atoms with van der Waals surface area (Å²) in [5.41, 5.74) is 0.767. The van der Waals surface area contributed by atoms with Crippen molar-refractivity contribution in [2.45, 2.75) is 12.2 Å². The summed E-state index contributed by atoms with van der Waals surface area (Å²) in [6.07, 6.45) is 2.50. The summed E-state index contributed by atoms with van der Waals surface area (Å²) in [5, 5.41) is 13.9. The van der Waals surface area contributed by atoms with Gasteiger partial charge >= 0.3 is 0 Å². The third kappa shape index (κ3) is 1.95. The lowest BCUT2D eigenvalue weighted by molar-refractivity contribution is -0.133. The van der Waals surface area contributed by atoms with Gasteiger partial charge in [-0.3, -0.25) is 4.68 Å². The van der Waals surface area contributed by atoms with Crippen LogP contribution >= 0.6 is 0 Å². The molecule has 1 aromatic rings. The lowest BCUT2D eigenvalue weighted by Gasteiger charge is -2.26. The van der Waals surface area contributed by atoms with E-state index in [-0.39, 0.29) is 6.10 Å². The molecule has 5 nitrogen and oxygen atoms in total. The van der Waals surface area contributed by atoms with E-state index in [0.717, 1.165) is 5.56 Å². The van der Waals surface area contributed by atoms with Crippen molar-refractivity contribution in [3.05, 3.63) is 18.0 Å². The van der Waals surface area contributed by atoms with Crippen molar-refractivity contribution < 1.29 is 14.6 Å². The molecule has 2 unspecified atom stereocenters. The molecule has 1 N–H and O–H groups in total. The Bertz CT molecular complexity index is 294. The maximum Gasteiger partial charge on any atom is 0.111 e. The predicted octanol–water partition coefficient (Wildman–Crippen LogP) is -0.131. The van der Waals surface area contributed by atoms with E-state index < -0.39 is 6.10 Å². The van der Waals surface area contributed by atoms with Crippen LogP contribution in [0.2, 0.25) is 0 Å². The van der Waals surface area contributed by atoms with Crippen molar-refractivity contribution in [2.75, 3.05) is 19.8 Å². The minimum Gasteiger partial charge on any atom is -0.385 e. The summed E-state index contributed by atoms with van der Waals surface area (Å²) in [4.78, 5) is 0. The van der Waals surface area contributed by atoms with Crippen LogP contribution < -0.4 is 0 Å². The molecule has 0 bridgehead atoms. The zero-order valence-electron chi connectivity index (χ0n) is 8.09. The lowest BCUT2D eigenvalue weighted by atomic mass is 10.1. The van der Waals surface area contributed by atoms with Gasteiger partial charge in [0.15, 0.2) is 0 Å². The lowest BCUT2D eigenvalue weighted by Crippen LogP contribution is -2.33. The van der Waals surface area contributed by atoms with E-state index >= 15 is 0 Å². The maximum absolute atomic E-state index is 9.90. The van der Waals surface area contributed by atoms with Crippen molar-refractivity contribution in [3.8, 4) is 0 Å². The van der Waals surface area contributed by atoms with Gasteiger partial charge in [0.2, 0.25) is 0 Å². The van der Waals surface area contributed by atoms with Crippen LogP contribution in [0, 0.1) is 0 Å². The molecule has 1 aliphatic heterocycles. The highest BCUT2D eigenvalue weighted by Crippen LogP contribution is 2.20. The van der Waals surface area contributed by atoms with Crippen molar-refractivity contribution in [3.63, 3.8) is 0 Å². The minimum absolute atomic E-state index is 0.270. The second-order valence-corrected chi connectivity index (χ2v) is 3.38. The highest BCUT2D eigenvalue weighted by molar-refractivity contribution is 5.09. The molecule has 2 rings (SSSR count). The van der Waals surface area contributed by atoms with Crippen LogP contribution in [-0.2, 0) is 16.5 Å². The average molecular weight is 198 g/mol. The van der Waals surface area contributed by atoms with E-state index in [1.165, 1.54) is 0 Å². The molecular formula is C9H14N2O3. The van der Waals surface area contributed by atoms with E-state index in [2.05, 4.69) is 5.10 Å². The zero-order chi connectivity index (χ0) is 9.97. The smallest absolute Gasteiger partial charge is 0.111 e. The van der Waals surface area contributed by atoms with Gasteiger partial charge in [-0.25, -0.2) is 0 Å². The quantitative estimate of drug-likeness (QED) is 0.719. The van der Waals surface area contributed by atoms with Gasteiger partial charge in [-0.15, -0.1) is 0 Å². The van der Waals surface area contributed by atoms with Gasteiger partial charge in [-0.05, 0) is 0 Å². The first-order valence-corrected chi connectivity index (χ1v) is 4.63. The SMILES string of the molecule is Cn1cc(C(O)C2COCCO2)cn1. The molecule has 0 spiro atoms. The molecule has 2 atom stereocenters. The van der Waals surface area contributed by atoms with E-state index in [1.54, 1.807) is 17.1 Å². The van der Waals surface area contributed by atoms with Crippen LogP contribution in [0.15, 0.2) is 12.4 Å². The number of ether oxygens (including phenoxy) is 2. The molecule has 5 heteroatoms. The van der Waals surface area contributed by atoms with E-state index in [1.807, 2.05) is 7.05 Å². The largest absolute Gasteiger partial charge is 0.385 e. The number of aliphatic hydroxyl groups excluding tert-OH is 1. The van der Waals surface area contributed by atoms with Gasteiger partial charge in [-0.2, -0.15) is 5.10 Å². The van der Waals surface area contributed by atoms with Gasteiger partial charge in [0, 0.05) is 18.8 Å². The molecule has 0 saturated carbocycles. The van der Waals surface area contributed by atoms with Gasteiger partial charge in [0.25, 0.3) is 0 Å². The maximum atomic E-state index is 9.90. The molecule has 0 amide bonds. The first kappa shape index (κ1) is 9.64. The fraction of sp³-hybridized carbons (Fsp3) is 0.667. The Kier molecular flexibility index (Phi) is 2.81. The molecule has 14 heavy (non-hydrogen) atoms. The number of hydrogen-bond acceptors (Lipinski definition) is 4. The van der Waals surface area contributed by atoms with E-state index in [9.17, 15) is 5.11 Å². The Hall–Kier alpha value is -0.910. The monoisotopic (exact) mass is 198 g/mol. The van der Waals surface area contributed by atoms with Gasteiger partial charge in [0.05, 0.1) is 26.0 Å². The number of rotatable bonds is 2. The first-order valence-electron chi connectivity index (χ1n) is 4.63. The zero-order valence-corrected chi connectivity index (χ0v) is 8.09. The van der Waals surface area contributed by atoms with Crippen LogP contribution in [0.1, 0.15) is 11.7 Å². The normalized spacial score (nSPS) is 24.9. The second kappa shape index (κ2) is 4.08. The number of nitrogens with zero attached hydrogens (tertiary/aromatic N) is 2. The number of aromatic nitrogens is 2. The summed E-state index contributed by atoms with van der Waals surface area (Å²) in [7, 11) is 1.81. The number of hydrogen-bond donors (Lipinski definition) is 1. The topological polar surface area (TPSA) is 56.5 Å². The Labute approximate surface area is 82.2 Å². The number of aryl methyl sites for hydroxylation is 1. The van der Waals surface area contributed by atoms with Crippen molar-refractivity contribution in [2.24, 2.45) is 7.05 Å². The molecule has 1 fully saturated rings. The average Bonchev–Trinajstić information content (AvgIpc) is 2.65. The highest BCUT2D eigenvalue weighted by Gasteiger charge is 2.25. The second-order valence-electron chi connectivity index (χ2n) is 3.38. The molecule has 0 aliphatic carbocycles.